The predicted octanol–water partition coefficient (Wildman–Crippen LogP) is 8.30. The molecule has 12 bridgehead atoms. The third kappa shape index (κ3) is 7.64. The Balaban J connectivity index is 1.31. The summed E-state index contributed by atoms with van der Waals surface area (Å²) in [6.07, 6.45) is 12.0. The quantitative estimate of drug-likeness (QED) is 0.175. The number of H-pyrrole nitrogens is 3. The lowest BCUT2D eigenvalue weighted by Crippen LogP contribution is -2.39. The Morgan fingerprint density at radius 2 is 1.12 bits per heavy atom. The number of aromatic amines is 3. The van der Waals surface area contributed by atoms with Crippen molar-refractivity contribution in [2.75, 3.05) is 26.2 Å². The van der Waals surface area contributed by atoms with E-state index in [2.05, 4.69) is 98.5 Å². The molecule has 3 aliphatic heterocycles. The van der Waals surface area contributed by atoms with Gasteiger partial charge in [-0.25, -0.2) is 9.98 Å². The summed E-state index contributed by atoms with van der Waals surface area (Å²) in [4.78, 5) is 35.4. The van der Waals surface area contributed by atoms with E-state index in [-0.39, 0.29) is 0 Å². The minimum atomic E-state index is 0.332. The zero-order valence-corrected chi connectivity index (χ0v) is 31.2. The first kappa shape index (κ1) is 35.1. The molecule has 3 aromatic rings. The van der Waals surface area contributed by atoms with Gasteiger partial charge in [-0.05, 0) is 116 Å². The summed E-state index contributed by atoms with van der Waals surface area (Å²) >= 11 is 0. The molecule has 9 heteroatoms. The van der Waals surface area contributed by atoms with Crippen LogP contribution < -0.4 is 5.32 Å². The van der Waals surface area contributed by atoms with Crippen LogP contribution in [0.2, 0.25) is 0 Å². The van der Waals surface area contributed by atoms with E-state index >= 15 is 0 Å². The number of hydrogen-bond acceptors (Lipinski definition) is 6. The van der Waals surface area contributed by atoms with Crippen molar-refractivity contribution >= 4 is 42.7 Å². The lowest BCUT2D eigenvalue weighted by Gasteiger charge is -2.42. The van der Waals surface area contributed by atoms with E-state index in [1.165, 1.54) is 28.0 Å². The van der Waals surface area contributed by atoms with Crippen LogP contribution in [-0.4, -0.2) is 72.2 Å². The summed E-state index contributed by atoms with van der Waals surface area (Å²) in [7, 11) is 0. The van der Waals surface area contributed by atoms with Crippen LogP contribution in [0.1, 0.15) is 77.2 Å². The molecule has 0 fully saturated rings. The summed E-state index contributed by atoms with van der Waals surface area (Å²) in [5.41, 5.74) is 9.98. The van der Waals surface area contributed by atoms with Gasteiger partial charge in [0.15, 0.2) is 0 Å². The fourth-order valence-electron chi connectivity index (χ4n) is 9.42. The maximum absolute atomic E-state index is 5.04. The molecule has 0 aromatic carbocycles. The molecule has 4 N–H and O–H groups in total. The Labute approximate surface area is 303 Å². The Morgan fingerprint density at radius 3 is 1.75 bits per heavy atom. The third-order valence-corrected chi connectivity index (χ3v) is 12.7. The van der Waals surface area contributed by atoms with Crippen LogP contribution in [0.3, 0.4) is 0 Å². The minimum absolute atomic E-state index is 0.332. The van der Waals surface area contributed by atoms with E-state index in [0.717, 1.165) is 61.2 Å². The normalized spacial score (nSPS) is 31.8. The van der Waals surface area contributed by atoms with Gasteiger partial charge in [-0.2, -0.15) is 0 Å². The van der Waals surface area contributed by atoms with Crippen LogP contribution in [0.25, 0.3) is 0 Å². The molecule has 5 aliphatic rings. The molecule has 0 saturated heterocycles. The van der Waals surface area contributed by atoms with E-state index in [1.807, 2.05) is 30.8 Å². The van der Waals surface area contributed by atoms with Gasteiger partial charge in [0.05, 0.1) is 30.2 Å². The van der Waals surface area contributed by atoms with Gasteiger partial charge < -0.3 is 20.3 Å². The molecule has 8 atom stereocenters. The lowest BCUT2D eigenvalue weighted by atomic mass is 9.64. The third-order valence-electron chi connectivity index (χ3n) is 12.7. The van der Waals surface area contributed by atoms with Gasteiger partial charge in [0.25, 0.3) is 0 Å². The van der Waals surface area contributed by atoms with Crippen molar-refractivity contribution in [2.45, 2.75) is 60.9 Å². The number of fused-ring (bicyclic) bond motifs is 7. The van der Waals surface area contributed by atoms with E-state index < -0.39 is 0 Å². The summed E-state index contributed by atoms with van der Waals surface area (Å²) in [6, 6.07) is 12.6. The number of nitrogens with one attached hydrogen (secondary N) is 4. The van der Waals surface area contributed by atoms with Crippen molar-refractivity contribution in [1.29, 1.82) is 0 Å². The number of hydrogen-bond donors (Lipinski definition) is 4. The van der Waals surface area contributed by atoms with Gasteiger partial charge in [0.2, 0.25) is 0 Å². The van der Waals surface area contributed by atoms with Crippen LogP contribution in [0.15, 0.2) is 83.7 Å². The Kier molecular flexibility index (Phi) is 10.6. The first-order valence-electron chi connectivity index (χ1n) is 19.0. The maximum atomic E-state index is 5.04. The topological polar surface area (TPSA) is 121 Å². The van der Waals surface area contributed by atoms with Crippen molar-refractivity contribution in [3.63, 3.8) is 0 Å². The largest absolute Gasteiger partial charge is 0.357 e. The van der Waals surface area contributed by atoms with E-state index in [4.69, 9.17) is 25.0 Å². The molecule has 268 valence electrons. The van der Waals surface area contributed by atoms with Gasteiger partial charge in [-0.15, -0.1) is 0 Å². The van der Waals surface area contributed by atoms with E-state index in [0.29, 0.717) is 60.4 Å². The van der Waals surface area contributed by atoms with Gasteiger partial charge >= 0.3 is 0 Å². The molecular formula is C42H55N9. The number of aliphatic imine (C=N–C) groups is 5. The molecule has 8 rings (SSSR count). The van der Waals surface area contributed by atoms with Crippen molar-refractivity contribution in [2.24, 2.45) is 72.3 Å². The molecule has 0 saturated carbocycles. The molecule has 2 aliphatic carbocycles. The van der Waals surface area contributed by atoms with Gasteiger partial charge in [0.1, 0.15) is 11.6 Å². The lowest BCUT2D eigenvalue weighted by molar-refractivity contribution is 0.199. The summed E-state index contributed by atoms with van der Waals surface area (Å²) in [5, 5.41) is 3.81. The highest BCUT2D eigenvalue weighted by molar-refractivity contribution is 5.83. The van der Waals surface area contributed by atoms with Crippen molar-refractivity contribution in [3.05, 3.63) is 81.5 Å². The Bertz CT molecular complexity index is 1890. The molecule has 0 radical (unpaired) electrons. The highest BCUT2D eigenvalue weighted by Crippen LogP contribution is 2.45. The second-order valence-electron chi connectivity index (χ2n) is 15.4. The predicted molar refractivity (Wildman–Crippen MR) is 213 cm³/mol. The number of nitrogens with zero attached hydrogens (tertiary/aromatic N) is 5. The zero-order chi connectivity index (χ0) is 35.5. The van der Waals surface area contributed by atoms with Crippen LogP contribution in [0.5, 0.6) is 0 Å². The maximum Gasteiger partial charge on any atom is 0.131 e. The van der Waals surface area contributed by atoms with Crippen LogP contribution in [0.4, 0.5) is 11.6 Å². The molecule has 3 aromatic heterocycles. The standard InChI is InChI=1S/C42H55N9/c1-25-35-13-15-47-41-11-12-42(51-41)48-16-14-36-27(3)39-23-45-19-33-8-7-31(49-33)17-43-21-37(25)29(5)38(26(35)2)22-44-18-32-9-10-34(50-32)20-46-24-40(28(36)4)30(39)6/h7-12,15-19,25-28,35-36,38,40,46,49-51H,13-14,20-24H2,1-6H3/b43-17?,44-18?,45-19?,47-15-,48-16-. The van der Waals surface area contributed by atoms with E-state index in [9.17, 15) is 0 Å². The fraction of sp³-hybridized carbons (Fsp3) is 0.500. The highest BCUT2D eigenvalue weighted by Gasteiger charge is 2.39. The summed E-state index contributed by atoms with van der Waals surface area (Å²) < 4.78 is 0. The minimum Gasteiger partial charge on any atom is -0.357 e. The van der Waals surface area contributed by atoms with Crippen molar-refractivity contribution in [1.82, 2.24) is 20.3 Å². The average Bonchev–Trinajstić information content (AvgIpc) is 3.88. The summed E-state index contributed by atoms with van der Waals surface area (Å²) in [6.45, 7) is 18.0. The molecule has 6 heterocycles. The molecule has 9 nitrogen and oxygen atoms in total. The monoisotopic (exact) mass is 685 g/mol. The van der Waals surface area contributed by atoms with Crippen molar-refractivity contribution < 1.29 is 0 Å². The first-order valence-corrected chi connectivity index (χ1v) is 19.0. The fourth-order valence-corrected chi connectivity index (χ4v) is 9.42. The number of aromatic nitrogens is 3. The molecule has 8 unspecified atom stereocenters. The van der Waals surface area contributed by atoms with Crippen molar-refractivity contribution in [3.8, 4) is 0 Å². The van der Waals surface area contributed by atoms with Crippen LogP contribution in [0, 0.1) is 47.3 Å². The molecular weight excluding hydrogens is 631 g/mol. The second kappa shape index (κ2) is 15.5. The molecule has 0 spiro atoms. The highest BCUT2D eigenvalue weighted by atomic mass is 15.0. The zero-order valence-electron chi connectivity index (χ0n) is 31.2. The van der Waals surface area contributed by atoms with Gasteiger partial charge in [-0.3, -0.25) is 15.0 Å². The van der Waals surface area contributed by atoms with Crippen LogP contribution in [-0.2, 0) is 6.54 Å². The van der Waals surface area contributed by atoms with Gasteiger partial charge in [0, 0.05) is 62.3 Å². The summed E-state index contributed by atoms with van der Waals surface area (Å²) in [5.74, 6) is 5.01. The average molecular weight is 686 g/mol. The number of rotatable bonds is 0. The van der Waals surface area contributed by atoms with Gasteiger partial charge in [-0.1, -0.05) is 38.8 Å². The SMILES string of the molecule is CC1=C2CN=Cc3ccc([nH]3)C=NCC3=C(C)C4CNCc5ccc([nH]5)C=NCC1C(C)C(C/C=N\c1ccc([nH]1)/N=C\CC(C3C)C4C)C2C. The molecule has 51 heavy (non-hydrogen) atoms. The molecule has 0 amide bonds. The van der Waals surface area contributed by atoms with E-state index in [1.54, 1.807) is 0 Å². The second-order valence-corrected chi connectivity index (χ2v) is 15.4. The van der Waals surface area contributed by atoms with Crippen LogP contribution >= 0.6 is 0 Å². The smallest absolute Gasteiger partial charge is 0.131 e. The Morgan fingerprint density at radius 1 is 0.588 bits per heavy atom. The Hall–Kier alpha value is -4.37. The first-order chi connectivity index (χ1) is 24.8.